The van der Waals surface area contributed by atoms with Crippen molar-refractivity contribution in [3.63, 3.8) is 0 Å². The Kier molecular flexibility index (Phi) is 4.20. The van der Waals surface area contributed by atoms with E-state index in [0.29, 0.717) is 17.7 Å². The molecule has 98 valence electrons. The van der Waals surface area contributed by atoms with E-state index < -0.39 is 0 Å². The van der Waals surface area contributed by atoms with Crippen LogP contribution in [0.4, 0.5) is 5.69 Å². The van der Waals surface area contributed by atoms with Crippen LogP contribution in [0.15, 0.2) is 42.9 Å². The average Bonchev–Trinajstić information content (AvgIpc) is 2.47. The molecule has 0 bridgehead atoms. The number of amides is 1. The number of aliphatic hydroxyl groups is 1. The van der Waals surface area contributed by atoms with Gasteiger partial charge in [-0.05, 0) is 24.3 Å². The van der Waals surface area contributed by atoms with Crippen molar-refractivity contribution < 1.29 is 9.90 Å². The van der Waals surface area contributed by atoms with Crippen molar-refractivity contribution >= 4 is 11.6 Å². The molecule has 0 atom stereocenters. The minimum Gasteiger partial charge on any atom is -0.396 e. The zero-order chi connectivity index (χ0) is 13.7. The van der Waals surface area contributed by atoms with Gasteiger partial charge in [-0.1, -0.05) is 0 Å². The Labute approximate surface area is 111 Å². The van der Waals surface area contributed by atoms with Gasteiger partial charge in [0.1, 0.15) is 0 Å². The number of carbonyl (C=O) groups excluding carboxylic acids is 1. The largest absolute Gasteiger partial charge is 0.396 e. The number of hydrogen-bond donors (Lipinski definition) is 1. The predicted octanol–water partition coefficient (Wildman–Crippen LogP) is 1.29. The van der Waals surface area contributed by atoms with Crippen molar-refractivity contribution in [1.29, 1.82) is 0 Å². The highest BCUT2D eigenvalue weighted by atomic mass is 16.3. The van der Waals surface area contributed by atoms with Crippen LogP contribution in [0.1, 0.15) is 16.1 Å². The van der Waals surface area contributed by atoms with Crippen LogP contribution < -0.4 is 4.90 Å². The van der Waals surface area contributed by atoms with Gasteiger partial charge in [0.25, 0.3) is 5.91 Å². The van der Waals surface area contributed by atoms with E-state index in [-0.39, 0.29) is 12.5 Å². The summed E-state index contributed by atoms with van der Waals surface area (Å²) in [5.41, 5.74) is 2.04. The smallest absolute Gasteiger partial charge is 0.258 e. The molecule has 0 aliphatic heterocycles. The van der Waals surface area contributed by atoms with E-state index in [1.54, 1.807) is 54.8 Å². The lowest BCUT2D eigenvalue weighted by molar-refractivity contribution is 0.0992. The number of aromatic nitrogens is 2. The number of carbonyl (C=O) groups is 1. The number of aliphatic hydroxyl groups excluding tert-OH is 1. The van der Waals surface area contributed by atoms with Crippen LogP contribution in [0.2, 0.25) is 0 Å². The lowest BCUT2D eigenvalue weighted by Gasteiger charge is -2.17. The number of rotatable bonds is 4. The maximum atomic E-state index is 12.3. The van der Waals surface area contributed by atoms with E-state index in [2.05, 4.69) is 9.97 Å². The van der Waals surface area contributed by atoms with Gasteiger partial charge in [-0.2, -0.15) is 0 Å². The Balaban J connectivity index is 2.22. The first-order valence-corrected chi connectivity index (χ1v) is 5.96. The highest BCUT2D eigenvalue weighted by Crippen LogP contribution is 2.14. The Morgan fingerprint density at radius 1 is 1.26 bits per heavy atom. The van der Waals surface area contributed by atoms with Gasteiger partial charge in [0.15, 0.2) is 0 Å². The number of nitrogens with zero attached hydrogens (tertiary/aromatic N) is 3. The standard InChI is InChI=1S/C14H15N3O2/c1-17(13-3-6-15-7-4-13)14(19)11-2-8-16-12(10-11)5-9-18/h2-4,6-8,10,18H,5,9H2,1H3. The normalized spacial score (nSPS) is 10.2. The van der Waals surface area contributed by atoms with Crippen LogP contribution in [0, 0.1) is 0 Å². The van der Waals surface area contributed by atoms with E-state index in [0.717, 1.165) is 5.69 Å². The topological polar surface area (TPSA) is 66.3 Å². The summed E-state index contributed by atoms with van der Waals surface area (Å²) in [6, 6.07) is 6.92. The molecule has 2 heterocycles. The quantitative estimate of drug-likeness (QED) is 0.896. The van der Waals surface area contributed by atoms with Crippen molar-refractivity contribution in [1.82, 2.24) is 9.97 Å². The lowest BCUT2D eigenvalue weighted by Crippen LogP contribution is -2.26. The molecule has 2 rings (SSSR count). The third-order valence-electron chi connectivity index (χ3n) is 2.79. The van der Waals surface area contributed by atoms with E-state index in [9.17, 15) is 4.79 Å². The fraction of sp³-hybridized carbons (Fsp3) is 0.214. The van der Waals surface area contributed by atoms with Crippen molar-refractivity contribution in [2.75, 3.05) is 18.6 Å². The van der Waals surface area contributed by atoms with Crippen LogP contribution in [0.5, 0.6) is 0 Å². The van der Waals surface area contributed by atoms with Crippen molar-refractivity contribution in [3.05, 3.63) is 54.1 Å². The van der Waals surface area contributed by atoms with E-state index in [4.69, 9.17) is 5.11 Å². The SMILES string of the molecule is CN(C(=O)c1ccnc(CCO)c1)c1ccncc1. The molecule has 1 amide bonds. The Morgan fingerprint density at radius 2 is 2.00 bits per heavy atom. The van der Waals surface area contributed by atoms with Gasteiger partial charge < -0.3 is 10.0 Å². The highest BCUT2D eigenvalue weighted by Gasteiger charge is 2.13. The number of anilines is 1. The van der Waals surface area contributed by atoms with E-state index in [1.165, 1.54) is 0 Å². The zero-order valence-electron chi connectivity index (χ0n) is 10.7. The zero-order valence-corrected chi connectivity index (χ0v) is 10.7. The van der Waals surface area contributed by atoms with Crippen molar-refractivity contribution in [2.24, 2.45) is 0 Å². The Bertz CT molecular complexity index is 558. The monoisotopic (exact) mass is 257 g/mol. The van der Waals surface area contributed by atoms with Gasteiger partial charge in [0.2, 0.25) is 0 Å². The molecule has 0 aliphatic carbocycles. The van der Waals surface area contributed by atoms with Crippen LogP contribution in [0.25, 0.3) is 0 Å². The van der Waals surface area contributed by atoms with Crippen LogP contribution in [0.3, 0.4) is 0 Å². The summed E-state index contributed by atoms with van der Waals surface area (Å²) in [6.45, 7) is 0.0187. The average molecular weight is 257 g/mol. The van der Waals surface area contributed by atoms with Gasteiger partial charge >= 0.3 is 0 Å². The molecule has 5 heteroatoms. The fourth-order valence-electron chi connectivity index (χ4n) is 1.74. The van der Waals surface area contributed by atoms with Gasteiger partial charge in [-0.15, -0.1) is 0 Å². The number of pyridine rings is 2. The second-order valence-corrected chi connectivity index (χ2v) is 4.08. The molecular formula is C14H15N3O2. The molecule has 0 fully saturated rings. The Morgan fingerprint density at radius 3 is 2.68 bits per heavy atom. The fourth-order valence-corrected chi connectivity index (χ4v) is 1.74. The highest BCUT2D eigenvalue weighted by molar-refractivity contribution is 6.05. The molecule has 0 aromatic carbocycles. The Hall–Kier alpha value is -2.27. The van der Waals surface area contributed by atoms with Gasteiger partial charge in [-0.3, -0.25) is 14.8 Å². The van der Waals surface area contributed by atoms with Crippen molar-refractivity contribution in [2.45, 2.75) is 6.42 Å². The second-order valence-electron chi connectivity index (χ2n) is 4.08. The van der Waals surface area contributed by atoms with Gasteiger partial charge in [-0.25, -0.2) is 0 Å². The molecule has 0 unspecified atom stereocenters. The summed E-state index contributed by atoms with van der Waals surface area (Å²) in [4.78, 5) is 21.9. The molecular weight excluding hydrogens is 242 g/mol. The van der Waals surface area contributed by atoms with E-state index in [1.807, 2.05) is 0 Å². The third kappa shape index (κ3) is 3.14. The summed E-state index contributed by atoms with van der Waals surface area (Å²) in [5.74, 6) is -0.118. The summed E-state index contributed by atoms with van der Waals surface area (Å²) < 4.78 is 0. The first-order chi connectivity index (χ1) is 9.22. The molecule has 0 saturated heterocycles. The second kappa shape index (κ2) is 6.06. The minimum atomic E-state index is -0.118. The molecule has 0 saturated carbocycles. The lowest BCUT2D eigenvalue weighted by atomic mass is 10.1. The molecule has 0 aliphatic rings. The third-order valence-corrected chi connectivity index (χ3v) is 2.79. The first-order valence-electron chi connectivity index (χ1n) is 5.96. The van der Waals surface area contributed by atoms with Crippen LogP contribution in [-0.4, -0.2) is 34.6 Å². The predicted molar refractivity (Wildman–Crippen MR) is 72.0 cm³/mol. The maximum absolute atomic E-state index is 12.3. The summed E-state index contributed by atoms with van der Waals surface area (Å²) in [5, 5.41) is 8.89. The van der Waals surface area contributed by atoms with Gasteiger partial charge in [0.05, 0.1) is 0 Å². The molecule has 2 aromatic heterocycles. The summed E-state index contributed by atoms with van der Waals surface area (Å²) in [6.07, 6.45) is 5.31. The molecule has 5 nitrogen and oxygen atoms in total. The molecule has 19 heavy (non-hydrogen) atoms. The molecule has 1 N–H and O–H groups in total. The summed E-state index contributed by atoms with van der Waals surface area (Å²) in [7, 11) is 1.71. The molecule has 2 aromatic rings. The van der Waals surface area contributed by atoms with Crippen molar-refractivity contribution in [3.8, 4) is 0 Å². The van der Waals surface area contributed by atoms with E-state index >= 15 is 0 Å². The maximum Gasteiger partial charge on any atom is 0.258 e. The number of hydrogen-bond acceptors (Lipinski definition) is 4. The van der Waals surface area contributed by atoms with Gasteiger partial charge in [0, 0.05) is 55.6 Å². The van der Waals surface area contributed by atoms with Crippen LogP contribution >= 0.6 is 0 Å². The molecule has 0 spiro atoms. The molecule has 0 radical (unpaired) electrons. The first kappa shape index (κ1) is 13.2. The van der Waals surface area contributed by atoms with Crippen LogP contribution in [-0.2, 0) is 6.42 Å². The minimum absolute atomic E-state index is 0.0187. The summed E-state index contributed by atoms with van der Waals surface area (Å²) >= 11 is 0.